The summed E-state index contributed by atoms with van der Waals surface area (Å²) in [7, 11) is 0. The van der Waals surface area contributed by atoms with E-state index in [0.717, 1.165) is 0 Å². The molecule has 2 aromatic heterocycles. The van der Waals surface area contributed by atoms with E-state index in [1.54, 1.807) is 12.1 Å². The van der Waals surface area contributed by atoms with E-state index in [0.29, 0.717) is 34.7 Å². The molecule has 0 spiro atoms. The first kappa shape index (κ1) is 11.6. The SMILES string of the molecule is CCc1nc(-c2cc3cc(F)ccc3o2)cc(=O)[nH]1. The van der Waals surface area contributed by atoms with Crippen molar-refractivity contribution >= 4 is 11.0 Å². The highest BCUT2D eigenvalue weighted by atomic mass is 19.1. The topological polar surface area (TPSA) is 58.9 Å². The molecule has 0 atom stereocenters. The first-order valence-electron chi connectivity index (χ1n) is 5.95. The van der Waals surface area contributed by atoms with Gasteiger partial charge in [-0.15, -0.1) is 0 Å². The Balaban J connectivity index is 2.18. The van der Waals surface area contributed by atoms with E-state index >= 15 is 0 Å². The van der Waals surface area contributed by atoms with E-state index in [9.17, 15) is 9.18 Å². The number of furan rings is 1. The molecule has 0 radical (unpaired) electrons. The predicted molar refractivity (Wildman–Crippen MR) is 69.4 cm³/mol. The van der Waals surface area contributed by atoms with Gasteiger partial charge in [-0.25, -0.2) is 9.37 Å². The summed E-state index contributed by atoms with van der Waals surface area (Å²) in [6.45, 7) is 1.90. The Hall–Kier alpha value is -2.43. The molecule has 4 nitrogen and oxygen atoms in total. The Kier molecular flexibility index (Phi) is 2.67. The first-order chi connectivity index (χ1) is 9.15. The van der Waals surface area contributed by atoms with Gasteiger partial charge < -0.3 is 9.40 Å². The number of halogens is 1. The Labute approximate surface area is 107 Å². The first-order valence-corrected chi connectivity index (χ1v) is 5.95. The lowest BCUT2D eigenvalue weighted by molar-refractivity contribution is 0.617. The van der Waals surface area contributed by atoms with Crippen LogP contribution in [0.5, 0.6) is 0 Å². The van der Waals surface area contributed by atoms with Crippen molar-refractivity contribution in [3.8, 4) is 11.5 Å². The summed E-state index contributed by atoms with van der Waals surface area (Å²) in [5.41, 5.74) is 0.794. The van der Waals surface area contributed by atoms with Crippen LogP contribution in [0, 0.1) is 5.82 Å². The highest BCUT2D eigenvalue weighted by Crippen LogP contribution is 2.26. The summed E-state index contributed by atoms with van der Waals surface area (Å²) in [4.78, 5) is 18.5. The van der Waals surface area contributed by atoms with E-state index < -0.39 is 0 Å². The molecule has 0 aliphatic rings. The molecule has 2 heterocycles. The Morgan fingerprint density at radius 2 is 2.16 bits per heavy atom. The highest BCUT2D eigenvalue weighted by molar-refractivity contribution is 5.82. The Morgan fingerprint density at radius 1 is 1.32 bits per heavy atom. The van der Waals surface area contributed by atoms with Gasteiger partial charge in [-0.3, -0.25) is 4.79 Å². The van der Waals surface area contributed by atoms with Crippen LogP contribution in [0.4, 0.5) is 4.39 Å². The van der Waals surface area contributed by atoms with Crippen molar-refractivity contribution in [2.24, 2.45) is 0 Å². The van der Waals surface area contributed by atoms with Crippen molar-refractivity contribution in [2.75, 3.05) is 0 Å². The number of rotatable bonds is 2. The number of hydrogen-bond donors (Lipinski definition) is 1. The third-order valence-electron chi connectivity index (χ3n) is 2.86. The average molecular weight is 258 g/mol. The van der Waals surface area contributed by atoms with Crippen molar-refractivity contribution in [2.45, 2.75) is 13.3 Å². The number of hydrogen-bond acceptors (Lipinski definition) is 3. The molecule has 3 aromatic rings. The molecule has 96 valence electrons. The summed E-state index contributed by atoms with van der Waals surface area (Å²) < 4.78 is 18.7. The Morgan fingerprint density at radius 3 is 2.95 bits per heavy atom. The molecule has 0 unspecified atom stereocenters. The van der Waals surface area contributed by atoms with Gasteiger partial charge in [0.25, 0.3) is 5.56 Å². The number of aromatic nitrogens is 2. The highest BCUT2D eigenvalue weighted by Gasteiger charge is 2.10. The summed E-state index contributed by atoms with van der Waals surface area (Å²) in [6, 6.07) is 7.32. The predicted octanol–water partition coefficient (Wildman–Crippen LogP) is 2.88. The van der Waals surface area contributed by atoms with E-state index in [2.05, 4.69) is 9.97 Å². The van der Waals surface area contributed by atoms with Gasteiger partial charge in [-0.2, -0.15) is 0 Å². The number of H-pyrrole nitrogens is 1. The molecular formula is C14H11FN2O2. The van der Waals surface area contributed by atoms with Gasteiger partial charge in [-0.05, 0) is 24.3 Å². The number of aromatic amines is 1. The summed E-state index contributed by atoms with van der Waals surface area (Å²) in [5, 5.41) is 0.648. The third-order valence-corrected chi connectivity index (χ3v) is 2.86. The van der Waals surface area contributed by atoms with E-state index in [4.69, 9.17) is 4.42 Å². The number of nitrogens with one attached hydrogen (secondary N) is 1. The zero-order valence-electron chi connectivity index (χ0n) is 10.2. The van der Waals surface area contributed by atoms with Crippen molar-refractivity contribution in [3.63, 3.8) is 0 Å². The van der Waals surface area contributed by atoms with Crippen LogP contribution >= 0.6 is 0 Å². The zero-order valence-corrected chi connectivity index (χ0v) is 10.2. The quantitative estimate of drug-likeness (QED) is 0.768. The molecule has 0 fully saturated rings. The molecule has 0 saturated carbocycles. The van der Waals surface area contributed by atoms with Crippen LogP contribution in [0.15, 0.2) is 39.5 Å². The maximum absolute atomic E-state index is 13.1. The molecule has 19 heavy (non-hydrogen) atoms. The molecule has 1 aromatic carbocycles. The molecule has 3 rings (SSSR count). The summed E-state index contributed by atoms with van der Waals surface area (Å²) in [6.07, 6.45) is 0.623. The van der Waals surface area contributed by atoms with Crippen LogP contribution < -0.4 is 5.56 Å². The van der Waals surface area contributed by atoms with Gasteiger partial charge in [0.15, 0.2) is 5.76 Å². The minimum atomic E-state index is -0.326. The number of nitrogens with zero attached hydrogens (tertiary/aromatic N) is 1. The second kappa shape index (κ2) is 4.35. The molecule has 1 N–H and O–H groups in total. The second-order valence-electron chi connectivity index (χ2n) is 4.22. The number of fused-ring (bicyclic) bond motifs is 1. The van der Waals surface area contributed by atoms with Crippen LogP contribution in [0.1, 0.15) is 12.7 Å². The van der Waals surface area contributed by atoms with Gasteiger partial charge in [-0.1, -0.05) is 6.92 Å². The summed E-state index contributed by atoms with van der Waals surface area (Å²) in [5.74, 6) is 0.725. The van der Waals surface area contributed by atoms with Crippen molar-refractivity contribution in [1.82, 2.24) is 9.97 Å². The Bertz CT molecular complexity index is 805. The number of benzene rings is 1. The fourth-order valence-electron chi connectivity index (χ4n) is 1.94. The van der Waals surface area contributed by atoms with Crippen LogP contribution in [0.25, 0.3) is 22.4 Å². The van der Waals surface area contributed by atoms with Crippen LogP contribution in [0.3, 0.4) is 0 Å². The third kappa shape index (κ3) is 2.14. The minimum absolute atomic E-state index is 0.228. The van der Waals surface area contributed by atoms with Crippen molar-refractivity contribution in [3.05, 3.63) is 52.3 Å². The van der Waals surface area contributed by atoms with Gasteiger partial charge in [0.1, 0.15) is 22.9 Å². The molecule has 5 heteroatoms. The van der Waals surface area contributed by atoms with Crippen LogP contribution in [0.2, 0.25) is 0 Å². The summed E-state index contributed by atoms with van der Waals surface area (Å²) >= 11 is 0. The lowest BCUT2D eigenvalue weighted by atomic mass is 10.2. The van der Waals surface area contributed by atoms with Crippen LogP contribution in [-0.4, -0.2) is 9.97 Å². The number of aryl methyl sites for hydroxylation is 1. The lowest BCUT2D eigenvalue weighted by Gasteiger charge is -1.98. The monoisotopic (exact) mass is 258 g/mol. The molecule has 0 aliphatic carbocycles. The fraction of sp³-hybridized carbons (Fsp3) is 0.143. The minimum Gasteiger partial charge on any atom is -0.454 e. The van der Waals surface area contributed by atoms with E-state index in [-0.39, 0.29) is 11.4 Å². The van der Waals surface area contributed by atoms with Gasteiger partial charge in [0, 0.05) is 17.9 Å². The van der Waals surface area contributed by atoms with Crippen molar-refractivity contribution < 1.29 is 8.81 Å². The largest absolute Gasteiger partial charge is 0.454 e. The smallest absolute Gasteiger partial charge is 0.251 e. The van der Waals surface area contributed by atoms with Gasteiger partial charge in [0.2, 0.25) is 0 Å². The second-order valence-corrected chi connectivity index (χ2v) is 4.22. The maximum atomic E-state index is 13.1. The van der Waals surface area contributed by atoms with Crippen molar-refractivity contribution in [1.29, 1.82) is 0 Å². The van der Waals surface area contributed by atoms with E-state index in [1.807, 2.05) is 6.92 Å². The molecule has 0 bridgehead atoms. The lowest BCUT2D eigenvalue weighted by Crippen LogP contribution is -2.10. The maximum Gasteiger partial charge on any atom is 0.251 e. The average Bonchev–Trinajstić information content (AvgIpc) is 2.80. The fourth-order valence-corrected chi connectivity index (χ4v) is 1.94. The molecular weight excluding hydrogens is 247 g/mol. The molecule has 0 saturated heterocycles. The standard InChI is InChI=1S/C14H11FN2O2/c1-2-13-16-10(7-14(18)17-13)12-6-8-5-9(15)3-4-11(8)19-12/h3-7H,2H2,1H3,(H,16,17,18). The molecule has 0 aliphatic heterocycles. The zero-order chi connectivity index (χ0) is 13.4. The van der Waals surface area contributed by atoms with Gasteiger partial charge in [0.05, 0.1) is 0 Å². The molecule has 0 amide bonds. The van der Waals surface area contributed by atoms with Gasteiger partial charge >= 0.3 is 0 Å². The van der Waals surface area contributed by atoms with Crippen LogP contribution in [-0.2, 0) is 6.42 Å². The van der Waals surface area contributed by atoms with E-state index in [1.165, 1.54) is 18.2 Å². The normalized spacial score (nSPS) is 11.1.